The van der Waals surface area contributed by atoms with Gasteiger partial charge in [0.05, 0.1) is 5.02 Å². The molecule has 0 bridgehead atoms. The number of carbonyl (C=O) groups is 2. The Morgan fingerprint density at radius 2 is 1.69 bits per heavy atom. The molecular formula is C19H21ClN2O4. The minimum absolute atomic E-state index is 0.282. The average Bonchev–Trinajstić information content (AvgIpc) is 2.62. The summed E-state index contributed by atoms with van der Waals surface area (Å²) in [7, 11) is 0. The average molecular weight is 377 g/mol. The molecule has 2 amide bonds. The fraction of sp³-hybridized carbons (Fsp3) is 0.263. The molecule has 1 atom stereocenters. The Kier molecular flexibility index (Phi) is 6.86. The zero-order valence-corrected chi connectivity index (χ0v) is 15.6. The highest BCUT2D eigenvalue weighted by Crippen LogP contribution is 2.24. The van der Waals surface area contributed by atoms with Crippen LogP contribution in [0.1, 0.15) is 18.1 Å². The third-order valence-electron chi connectivity index (χ3n) is 3.59. The van der Waals surface area contributed by atoms with E-state index >= 15 is 0 Å². The van der Waals surface area contributed by atoms with Gasteiger partial charge in [-0.1, -0.05) is 41.9 Å². The predicted octanol–water partition coefficient (Wildman–Crippen LogP) is 2.95. The van der Waals surface area contributed by atoms with Gasteiger partial charge < -0.3 is 9.47 Å². The van der Waals surface area contributed by atoms with Crippen LogP contribution < -0.4 is 20.3 Å². The van der Waals surface area contributed by atoms with Gasteiger partial charge >= 0.3 is 0 Å². The van der Waals surface area contributed by atoms with E-state index in [1.165, 1.54) is 0 Å². The van der Waals surface area contributed by atoms with Gasteiger partial charge in [-0.05, 0) is 44.0 Å². The van der Waals surface area contributed by atoms with E-state index in [9.17, 15) is 9.59 Å². The van der Waals surface area contributed by atoms with E-state index in [1.807, 2.05) is 32.0 Å². The molecule has 0 aliphatic heterocycles. The number of benzene rings is 2. The van der Waals surface area contributed by atoms with Crippen LogP contribution in [0.3, 0.4) is 0 Å². The lowest BCUT2D eigenvalue weighted by Crippen LogP contribution is -2.48. The summed E-state index contributed by atoms with van der Waals surface area (Å²) in [6.45, 7) is 5.13. The molecule has 138 valence electrons. The van der Waals surface area contributed by atoms with Crippen LogP contribution in [0.5, 0.6) is 11.5 Å². The number of para-hydroxylation sites is 2. The van der Waals surface area contributed by atoms with E-state index in [0.717, 1.165) is 11.1 Å². The molecule has 2 rings (SSSR count). The lowest BCUT2D eigenvalue weighted by molar-refractivity contribution is -0.133. The monoisotopic (exact) mass is 376 g/mol. The maximum Gasteiger partial charge on any atom is 0.279 e. The fourth-order valence-corrected chi connectivity index (χ4v) is 2.38. The van der Waals surface area contributed by atoms with Crippen molar-refractivity contribution < 1.29 is 19.1 Å². The number of halogens is 1. The first kappa shape index (κ1) is 19.6. The highest BCUT2D eigenvalue weighted by atomic mass is 35.5. The second-order valence-electron chi connectivity index (χ2n) is 5.74. The van der Waals surface area contributed by atoms with Gasteiger partial charge in [-0.3, -0.25) is 20.4 Å². The minimum atomic E-state index is -0.778. The van der Waals surface area contributed by atoms with E-state index in [0.29, 0.717) is 16.5 Å². The van der Waals surface area contributed by atoms with Crippen LogP contribution in [0, 0.1) is 13.8 Å². The molecular weight excluding hydrogens is 356 g/mol. The minimum Gasteiger partial charge on any atom is -0.482 e. The second kappa shape index (κ2) is 9.10. The Morgan fingerprint density at radius 1 is 1.04 bits per heavy atom. The first-order chi connectivity index (χ1) is 12.4. The molecule has 0 spiro atoms. The van der Waals surface area contributed by atoms with E-state index < -0.39 is 17.9 Å². The lowest BCUT2D eigenvalue weighted by Gasteiger charge is -2.18. The molecule has 0 radical (unpaired) electrons. The molecule has 7 heteroatoms. The Hall–Kier alpha value is -2.73. The van der Waals surface area contributed by atoms with Gasteiger partial charge in [0, 0.05) is 0 Å². The molecule has 0 saturated carbocycles. The van der Waals surface area contributed by atoms with Crippen LogP contribution in [0.15, 0.2) is 42.5 Å². The zero-order valence-electron chi connectivity index (χ0n) is 14.8. The van der Waals surface area contributed by atoms with Gasteiger partial charge in [-0.2, -0.15) is 0 Å². The maximum absolute atomic E-state index is 12.1. The number of carbonyl (C=O) groups excluding carboxylic acids is 2. The number of aryl methyl sites for hydroxylation is 2. The van der Waals surface area contributed by atoms with E-state index in [1.54, 1.807) is 31.2 Å². The third-order valence-corrected chi connectivity index (χ3v) is 3.91. The summed E-state index contributed by atoms with van der Waals surface area (Å²) in [4.78, 5) is 23.9. The van der Waals surface area contributed by atoms with Crippen LogP contribution in [0.25, 0.3) is 0 Å². The molecule has 26 heavy (non-hydrogen) atoms. The SMILES string of the molecule is Cc1cccc(C)c1O[C@H](C)C(=O)NNC(=O)COc1ccccc1Cl. The Balaban J connectivity index is 1.80. The maximum atomic E-state index is 12.1. The van der Waals surface area contributed by atoms with Crippen molar-refractivity contribution in [1.29, 1.82) is 0 Å². The first-order valence-electron chi connectivity index (χ1n) is 8.07. The molecule has 2 aromatic rings. The van der Waals surface area contributed by atoms with Crippen molar-refractivity contribution in [2.45, 2.75) is 26.9 Å². The summed E-state index contributed by atoms with van der Waals surface area (Å²) in [5.74, 6) is 0.0576. The third kappa shape index (κ3) is 5.39. The van der Waals surface area contributed by atoms with Crippen LogP contribution >= 0.6 is 11.6 Å². The van der Waals surface area contributed by atoms with Gasteiger partial charge in [0.2, 0.25) is 0 Å². The van der Waals surface area contributed by atoms with E-state index in [2.05, 4.69) is 10.9 Å². The standard InChI is InChI=1S/C19H21ClN2O4/c1-12-7-6-8-13(2)18(12)26-14(3)19(24)22-21-17(23)11-25-16-10-5-4-9-15(16)20/h4-10,14H,11H2,1-3H3,(H,21,23)(H,22,24)/t14-/m1/s1. The van der Waals surface area contributed by atoms with Crippen molar-refractivity contribution in [3.8, 4) is 11.5 Å². The van der Waals surface area contributed by atoms with Crippen molar-refractivity contribution in [3.05, 3.63) is 58.6 Å². The highest BCUT2D eigenvalue weighted by Gasteiger charge is 2.17. The lowest BCUT2D eigenvalue weighted by atomic mass is 10.1. The topological polar surface area (TPSA) is 76.7 Å². The van der Waals surface area contributed by atoms with Crippen molar-refractivity contribution in [2.24, 2.45) is 0 Å². The number of amides is 2. The molecule has 0 aromatic heterocycles. The number of rotatable bonds is 6. The predicted molar refractivity (Wildman–Crippen MR) is 99.2 cm³/mol. The number of nitrogens with one attached hydrogen (secondary N) is 2. The van der Waals surface area contributed by atoms with Crippen molar-refractivity contribution in [2.75, 3.05) is 6.61 Å². The van der Waals surface area contributed by atoms with E-state index in [4.69, 9.17) is 21.1 Å². The zero-order chi connectivity index (χ0) is 19.1. The molecule has 2 N–H and O–H groups in total. The summed E-state index contributed by atoms with van der Waals surface area (Å²) >= 11 is 5.94. The quantitative estimate of drug-likeness (QED) is 0.760. The Bertz CT molecular complexity index is 775. The fourth-order valence-electron chi connectivity index (χ4n) is 2.19. The highest BCUT2D eigenvalue weighted by molar-refractivity contribution is 6.32. The van der Waals surface area contributed by atoms with Crippen LogP contribution in [0.4, 0.5) is 0 Å². The molecule has 0 aliphatic rings. The molecule has 0 heterocycles. The summed E-state index contributed by atoms with van der Waals surface area (Å²) in [5, 5.41) is 0.403. The number of hydrazine groups is 1. The molecule has 0 aliphatic carbocycles. The van der Waals surface area contributed by atoms with Crippen LogP contribution in [0.2, 0.25) is 5.02 Å². The summed E-state index contributed by atoms with van der Waals surface area (Å²) in [6.07, 6.45) is -0.778. The van der Waals surface area contributed by atoms with Gasteiger partial charge in [0.15, 0.2) is 12.7 Å². The molecule has 0 unspecified atom stereocenters. The molecule has 2 aromatic carbocycles. The smallest absolute Gasteiger partial charge is 0.279 e. The van der Waals surface area contributed by atoms with Crippen molar-refractivity contribution in [1.82, 2.24) is 10.9 Å². The first-order valence-corrected chi connectivity index (χ1v) is 8.45. The normalized spacial score (nSPS) is 11.4. The van der Waals surface area contributed by atoms with Crippen molar-refractivity contribution >= 4 is 23.4 Å². The summed E-state index contributed by atoms with van der Waals surface area (Å²) in [6, 6.07) is 12.5. The van der Waals surface area contributed by atoms with Gasteiger partial charge in [-0.25, -0.2) is 0 Å². The summed E-state index contributed by atoms with van der Waals surface area (Å²) < 4.78 is 11.0. The van der Waals surface area contributed by atoms with Crippen LogP contribution in [-0.2, 0) is 9.59 Å². The Morgan fingerprint density at radius 3 is 2.35 bits per heavy atom. The Labute approximate surface area is 157 Å². The number of ether oxygens (including phenoxy) is 2. The van der Waals surface area contributed by atoms with Gasteiger partial charge in [0.25, 0.3) is 11.8 Å². The number of hydrogen-bond donors (Lipinski definition) is 2. The van der Waals surface area contributed by atoms with Gasteiger partial charge in [-0.15, -0.1) is 0 Å². The van der Waals surface area contributed by atoms with Gasteiger partial charge in [0.1, 0.15) is 11.5 Å². The second-order valence-corrected chi connectivity index (χ2v) is 6.14. The molecule has 0 saturated heterocycles. The van der Waals surface area contributed by atoms with E-state index in [-0.39, 0.29) is 6.61 Å². The summed E-state index contributed by atoms with van der Waals surface area (Å²) in [5.41, 5.74) is 6.46. The largest absolute Gasteiger partial charge is 0.482 e. The van der Waals surface area contributed by atoms with Crippen LogP contribution in [-0.4, -0.2) is 24.5 Å². The molecule has 0 fully saturated rings. The number of hydrogen-bond acceptors (Lipinski definition) is 4. The molecule has 6 nitrogen and oxygen atoms in total. The van der Waals surface area contributed by atoms with Crippen molar-refractivity contribution in [3.63, 3.8) is 0 Å².